The van der Waals surface area contributed by atoms with Gasteiger partial charge in [-0.05, 0) is 37.5 Å². The van der Waals surface area contributed by atoms with E-state index in [0.717, 1.165) is 11.1 Å². The largest absolute Gasteiger partial charge is 0.394 e. The van der Waals surface area contributed by atoms with E-state index < -0.39 is 28.7 Å². The molecule has 2 aromatic carbocycles. The Morgan fingerprint density at radius 3 is 2.62 bits per heavy atom. The summed E-state index contributed by atoms with van der Waals surface area (Å²) in [4.78, 5) is 42.9. The molecular formula is C27H29BrClN3O4S. The Morgan fingerprint density at radius 2 is 1.95 bits per heavy atom. The first-order valence-electron chi connectivity index (χ1n) is 12.3. The molecule has 2 aromatic rings. The zero-order valence-electron chi connectivity index (χ0n) is 20.5. The molecular weight excluding hydrogens is 578 g/mol. The molecule has 196 valence electrons. The van der Waals surface area contributed by atoms with Gasteiger partial charge in [-0.25, -0.2) is 0 Å². The topological polar surface area (TPSA) is 98.7 Å². The van der Waals surface area contributed by atoms with Crippen molar-refractivity contribution in [2.75, 3.05) is 11.9 Å². The van der Waals surface area contributed by atoms with E-state index in [1.54, 1.807) is 24.8 Å². The van der Waals surface area contributed by atoms with E-state index in [2.05, 4.69) is 26.6 Å². The molecule has 0 aromatic heterocycles. The van der Waals surface area contributed by atoms with Crippen molar-refractivity contribution in [3.63, 3.8) is 0 Å². The number of nitrogens with zero attached hydrogens (tertiary/aromatic N) is 1. The first-order chi connectivity index (χ1) is 17.7. The monoisotopic (exact) mass is 605 g/mol. The second-order valence-electron chi connectivity index (χ2n) is 10.1. The van der Waals surface area contributed by atoms with Crippen LogP contribution in [-0.4, -0.2) is 61.2 Å². The van der Waals surface area contributed by atoms with E-state index in [-0.39, 0.29) is 34.4 Å². The molecule has 3 aliphatic rings. The van der Waals surface area contributed by atoms with Crippen molar-refractivity contribution in [2.45, 2.75) is 53.7 Å². The number of likely N-dealkylation sites (tertiary alicyclic amines) is 1. The number of aliphatic hydroxyl groups excluding tert-OH is 1. The highest BCUT2D eigenvalue weighted by Crippen LogP contribution is 2.68. The Balaban J connectivity index is 1.48. The van der Waals surface area contributed by atoms with E-state index in [1.165, 1.54) is 4.90 Å². The lowest BCUT2D eigenvalue weighted by atomic mass is 9.70. The van der Waals surface area contributed by atoms with E-state index in [0.29, 0.717) is 23.7 Å². The lowest BCUT2D eigenvalue weighted by Gasteiger charge is -2.36. The number of anilines is 1. The first kappa shape index (κ1) is 26.5. The van der Waals surface area contributed by atoms with Gasteiger partial charge in [-0.3, -0.25) is 14.4 Å². The van der Waals surface area contributed by atoms with Gasteiger partial charge in [0.05, 0.1) is 39.9 Å². The molecule has 5 rings (SSSR count). The Kier molecular flexibility index (Phi) is 7.35. The summed E-state index contributed by atoms with van der Waals surface area (Å²) < 4.78 is -0.798. The minimum atomic E-state index is -0.857. The van der Waals surface area contributed by atoms with Gasteiger partial charge in [0.2, 0.25) is 17.7 Å². The Morgan fingerprint density at radius 1 is 1.22 bits per heavy atom. The van der Waals surface area contributed by atoms with Crippen LogP contribution in [0.4, 0.5) is 5.69 Å². The number of fused-ring (bicyclic) bond motifs is 1. The zero-order chi connectivity index (χ0) is 26.5. The summed E-state index contributed by atoms with van der Waals surface area (Å²) in [5.41, 5.74) is 2.28. The van der Waals surface area contributed by atoms with Gasteiger partial charge < -0.3 is 20.6 Å². The van der Waals surface area contributed by atoms with Crippen LogP contribution in [0.5, 0.6) is 0 Å². The van der Waals surface area contributed by atoms with E-state index in [4.69, 9.17) is 11.6 Å². The molecule has 0 radical (unpaired) electrons. The van der Waals surface area contributed by atoms with Crippen LogP contribution in [0.1, 0.15) is 24.5 Å². The molecule has 2 bridgehead atoms. The van der Waals surface area contributed by atoms with E-state index >= 15 is 0 Å². The molecule has 10 heteroatoms. The van der Waals surface area contributed by atoms with Gasteiger partial charge in [0.15, 0.2) is 0 Å². The molecule has 7 nitrogen and oxygen atoms in total. The summed E-state index contributed by atoms with van der Waals surface area (Å²) >= 11 is 11.7. The molecule has 3 amide bonds. The standard InChI is InChI=1S/C27H29BrClN3O4S/c1-14-7-6-10-18(29)21(14)31-25(35)23-27-11-17(28)22(37-27)19(20(27)26(36)32(23)15(2)13-33)24(34)30-12-16-8-4-3-5-9-16/h3-10,15,17,19-20,22-23,33H,11-13H2,1-2H3,(H,30,34)(H,31,35)/t15-,17?,19+,20+,22+,23?,27?/m1/s1. The van der Waals surface area contributed by atoms with Crippen LogP contribution >= 0.6 is 39.3 Å². The number of aryl methyl sites for hydroxylation is 1. The number of halogens is 2. The fourth-order valence-electron chi connectivity index (χ4n) is 6.11. The maximum Gasteiger partial charge on any atom is 0.248 e. The average molecular weight is 607 g/mol. The maximum absolute atomic E-state index is 14.0. The summed E-state index contributed by atoms with van der Waals surface area (Å²) in [6, 6.07) is 13.5. The molecule has 3 heterocycles. The third-order valence-corrected chi connectivity index (χ3v) is 11.3. The van der Waals surface area contributed by atoms with Gasteiger partial charge in [0.1, 0.15) is 6.04 Å². The van der Waals surface area contributed by atoms with Crippen molar-refractivity contribution >= 4 is 62.7 Å². The van der Waals surface area contributed by atoms with Gasteiger partial charge in [-0.1, -0.05) is 70.0 Å². The highest BCUT2D eigenvalue weighted by atomic mass is 79.9. The molecule has 37 heavy (non-hydrogen) atoms. The lowest BCUT2D eigenvalue weighted by Crippen LogP contribution is -2.55. The smallest absolute Gasteiger partial charge is 0.248 e. The van der Waals surface area contributed by atoms with Crippen LogP contribution in [0.3, 0.4) is 0 Å². The summed E-state index contributed by atoms with van der Waals surface area (Å²) in [6.45, 7) is 3.65. The number of thioether (sulfide) groups is 1. The van der Waals surface area contributed by atoms with Crippen molar-refractivity contribution in [2.24, 2.45) is 11.8 Å². The molecule has 0 saturated carbocycles. The van der Waals surface area contributed by atoms with Crippen LogP contribution in [0.25, 0.3) is 0 Å². The van der Waals surface area contributed by atoms with Crippen molar-refractivity contribution in [3.05, 3.63) is 64.7 Å². The van der Waals surface area contributed by atoms with Crippen LogP contribution in [0.15, 0.2) is 48.5 Å². The van der Waals surface area contributed by atoms with Crippen molar-refractivity contribution in [1.82, 2.24) is 10.2 Å². The zero-order valence-corrected chi connectivity index (χ0v) is 23.6. The van der Waals surface area contributed by atoms with E-state index in [1.807, 2.05) is 49.4 Å². The third-order valence-electron chi connectivity index (χ3n) is 7.80. The van der Waals surface area contributed by atoms with Gasteiger partial charge in [-0.15, -0.1) is 11.8 Å². The summed E-state index contributed by atoms with van der Waals surface area (Å²) in [5.74, 6) is -2.06. The number of para-hydroxylation sites is 1. The van der Waals surface area contributed by atoms with Crippen molar-refractivity contribution in [3.8, 4) is 0 Å². The molecule has 7 atom stereocenters. The lowest BCUT2D eigenvalue weighted by molar-refractivity contribution is -0.141. The van der Waals surface area contributed by atoms with Crippen LogP contribution in [-0.2, 0) is 20.9 Å². The van der Waals surface area contributed by atoms with Crippen molar-refractivity contribution in [1.29, 1.82) is 0 Å². The second kappa shape index (κ2) is 10.2. The maximum atomic E-state index is 14.0. The molecule has 3 unspecified atom stereocenters. The molecule has 3 N–H and O–H groups in total. The molecule has 3 fully saturated rings. The van der Waals surface area contributed by atoms with Crippen LogP contribution < -0.4 is 10.6 Å². The van der Waals surface area contributed by atoms with Gasteiger partial charge in [-0.2, -0.15) is 0 Å². The number of rotatable bonds is 7. The number of alkyl halides is 1. The number of amides is 3. The Labute approximate surface area is 233 Å². The Bertz CT molecular complexity index is 1210. The average Bonchev–Trinajstić information content (AvgIpc) is 3.48. The van der Waals surface area contributed by atoms with E-state index in [9.17, 15) is 19.5 Å². The van der Waals surface area contributed by atoms with Gasteiger partial charge in [0, 0.05) is 16.6 Å². The quantitative estimate of drug-likeness (QED) is 0.417. The fourth-order valence-corrected chi connectivity index (χ4v) is 9.98. The SMILES string of the molecule is Cc1cccc(Cl)c1NC(=O)C1N([C@H](C)CO)C(=O)[C@@H]2[C@H](C(=O)NCc3ccccc3)[C@H]3SC12CC3Br. The number of benzene rings is 2. The van der Waals surface area contributed by atoms with Gasteiger partial charge in [0.25, 0.3) is 0 Å². The van der Waals surface area contributed by atoms with Crippen LogP contribution in [0, 0.1) is 18.8 Å². The molecule has 3 saturated heterocycles. The van der Waals surface area contributed by atoms with Crippen molar-refractivity contribution < 1.29 is 19.5 Å². The summed E-state index contributed by atoms with van der Waals surface area (Å²) in [7, 11) is 0. The van der Waals surface area contributed by atoms with Gasteiger partial charge >= 0.3 is 0 Å². The highest BCUT2D eigenvalue weighted by Gasteiger charge is 2.76. The Hall–Kier alpha value is -2.07. The number of hydrogen-bond acceptors (Lipinski definition) is 5. The molecule has 1 spiro atoms. The number of hydrogen-bond donors (Lipinski definition) is 3. The molecule has 0 aliphatic carbocycles. The third kappa shape index (κ3) is 4.37. The minimum Gasteiger partial charge on any atom is -0.394 e. The molecule has 3 aliphatic heterocycles. The highest BCUT2D eigenvalue weighted by molar-refractivity contribution is 9.09. The second-order valence-corrected chi connectivity index (χ2v) is 13.2. The number of nitrogens with one attached hydrogen (secondary N) is 2. The number of carbonyl (C=O) groups excluding carboxylic acids is 3. The first-order valence-corrected chi connectivity index (χ1v) is 14.5. The normalized spacial score (nSPS) is 30.8. The van der Waals surface area contributed by atoms with Crippen LogP contribution in [0.2, 0.25) is 5.02 Å². The predicted molar refractivity (Wildman–Crippen MR) is 149 cm³/mol. The summed E-state index contributed by atoms with van der Waals surface area (Å²) in [5, 5.41) is 16.3. The minimum absolute atomic E-state index is 0.0317. The predicted octanol–water partition coefficient (Wildman–Crippen LogP) is 3.75. The number of aliphatic hydroxyl groups is 1. The number of carbonyl (C=O) groups is 3. The summed E-state index contributed by atoms with van der Waals surface area (Å²) in [6.07, 6.45) is 0.565. The fraction of sp³-hybridized carbons (Fsp3) is 0.444.